The third-order valence-electron chi connectivity index (χ3n) is 3.76. The molecule has 27 heavy (non-hydrogen) atoms. The molecule has 0 aromatic heterocycles. The Morgan fingerprint density at radius 1 is 1.19 bits per heavy atom. The molecule has 8 nitrogen and oxygen atoms in total. The van der Waals surface area contributed by atoms with Crippen molar-refractivity contribution in [3.63, 3.8) is 0 Å². The molecular formula is C17H11ClN4O4S. The normalized spacial score (nSPS) is 14.8. The number of benzene rings is 2. The Kier molecular flexibility index (Phi) is 4.72. The second-order valence-electron chi connectivity index (χ2n) is 5.53. The van der Waals surface area contributed by atoms with Crippen molar-refractivity contribution in [1.82, 2.24) is 0 Å². The van der Waals surface area contributed by atoms with Gasteiger partial charge < -0.3 is 10.6 Å². The lowest BCUT2D eigenvalue weighted by atomic mass is 10.0. The van der Waals surface area contributed by atoms with Gasteiger partial charge in [-0.3, -0.25) is 9.59 Å². The van der Waals surface area contributed by atoms with Crippen LogP contribution in [0.2, 0.25) is 5.02 Å². The van der Waals surface area contributed by atoms with E-state index in [1.165, 1.54) is 30.3 Å². The number of halogens is 1. The predicted octanol–water partition coefficient (Wildman–Crippen LogP) is 1.86. The first-order valence-corrected chi connectivity index (χ1v) is 9.33. The quantitative estimate of drug-likeness (QED) is 0.530. The van der Waals surface area contributed by atoms with E-state index in [0.717, 1.165) is 0 Å². The van der Waals surface area contributed by atoms with Crippen LogP contribution in [0.5, 0.6) is 0 Å². The molecule has 2 amide bonds. The molecule has 0 saturated heterocycles. The largest absolute Gasteiger partial charge is 0.321 e. The van der Waals surface area contributed by atoms with Gasteiger partial charge in [0.1, 0.15) is 11.6 Å². The van der Waals surface area contributed by atoms with E-state index in [1.54, 1.807) is 18.2 Å². The zero-order valence-electron chi connectivity index (χ0n) is 13.5. The molecule has 0 aliphatic carbocycles. The average molecular weight is 403 g/mol. The van der Waals surface area contributed by atoms with Crippen LogP contribution in [0, 0.1) is 11.3 Å². The lowest BCUT2D eigenvalue weighted by molar-refractivity contribution is -0.113. The van der Waals surface area contributed by atoms with Crippen LogP contribution in [-0.4, -0.2) is 20.2 Å². The molecule has 0 fully saturated rings. The summed E-state index contributed by atoms with van der Waals surface area (Å²) in [5.74, 6) is -1.41. The molecule has 3 rings (SSSR count). The highest BCUT2D eigenvalue weighted by Gasteiger charge is 2.30. The van der Waals surface area contributed by atoms with Gasteiger partial charge in [-0.25, -0.2) is 13.6 Å². The van der Waals surface area contributed by atoms with Crippen LogP contribution in [0.15, 0.2) is 52.9 Å². The number of carbonyl (C=O) groups excluding carboxylic acids is 2. The van der Waals surface area contributed by atoms with Crippen molar-refractivity contribution in [2.24, 2.45) is 5.14 Å². The van der Waals surface area contributed by atoms with Gasteiger partial charge in [-0.05, 0) is 42.5 Å². The third-order valence-corrected chi connectivity index (χ3v) is 4.92. The number of carbonyl (C=O) groups is 2. The number of nitriles is 1. The van der Waals surface area contributed by atoms with E-state index in [9.17, 15) is 23.3 Å². The molecule has 2 aromatic carbocycles. The monoisotopic (exact) mass is 402 g/mol. The maximum absolute atomic E-state index is 12.5. The molecule has 1 heterocycles. The zero-order chi connectivity index (χ0) is 19.8. The molecule has 0 saturated carbocycles. The van der Waals surface area contributed by atoms with Crippen LogP contribution in [-0.2, 0) is 19.6 Å². The highest BCUT2D eigenvalue weighted by Crippen LogP contribution is 2.35. The van der Waals surface area contributed by atoms with Gasteiger partial charge in [0.15, 0.2) is 0 Å². The molecular weight excluding hydrogens is 392 g/mol. The number of nitrogens with one attached hydrogen (secondary N) is 2. The Bertz CT molecular complexity index is 1150. The van der Waals surface area contributed by atoms with Crippen LogP contribution < -0.4 is 15.8 Å². The maximum Gasteiger partial charge on any atom is 0.267 e. The number of sulfonamides is 1. The Hall–Kier alpha value is -3.19. The van der Waals surface area contributed by atoms with Crippen LogP contribution in [0.3, 0.4) is 0 Å². The number of nitrogens with zero attached hydrogens (tertiary/aromatic N) is 1. The van der Waals surface area contributed by atoms with Gasteiger partial charge in [0.2, 0.25) is 10.0 Å². The number of primary sulfonamides is 1. The van der Waals surface area contributed by atoms with Crippen molar-refractivity contribution in [3.05, 3.63) is 58.6 Å². The number of anilines is 2. The molecule has 0 atom stereocenters. The molecule has 4 N–H and O–H groups in total. The van der Waals surface area contributed by atoms with Crippen LogP contribution >= 0.6 is 11.6 Å². The lowest BCUT2D eigenvalue weighted by Gasteiger charge is -2.07. The Morgan fingerprint density at radius 3 is 2.44 bits per heavy atom. The average Bonchev–Trinajstić information content (AvgIpc) is 2.91. The SMILES string of the molecule is N#C/C(C(=O)Nc1ccc(S(N)(=O)=O)cc1)=C1\C(=O)Nc2ccc(Cl)cc21. The molecule has 0 radical (unpaired) electrons. The van der Waals surface area contributed by atoms with Gasteiger partial charge in [0, 0.05) is 22.0 Å². The van der Waals surface area contributed by atoms with Gasteiger partial charge in [-0.15, -0.1) is 0 Å². The van der Waals surface area contributed by atoms with Crippen molar-refractivity contribution in [2.75, 3.05) is 10.6 Å². The second kappa shape index (κ2) is 6.85. The molecule has 0 bridgehead atoms. The van der Waals surface area contributed by atoms with Crippen molar-refractivity contribution in [3.8, 4) is 6.07 Å². The summed E-state index contributed by atoms with van der Waals surface area (Å²) >= 11 is 5.94. The number of hydrogen-bond acceptors (Lipinski definition) is 5. The molecule has 0 unspecified atom stereocenters. The first-order valence-electron chi connectivity index (χ1n) is 7.40. The zero-order valence-corrected chi connectivity index (χ0v) is 15.1. The van der Waals surface area contributed by atoms with E-state index in [2.05, 4.69) is 10.6 Å². The fraction of sp³-hybridized carbons (Fsp3) is 0. The summed E-state index contributed by atoms with van der Waals surface area (Å²) in [6.45, 7) is 0. The fourth-order valence-corrected chi connectivity index (χ4v) is 3.22. The fourth-order valence-electron chi connectivity index (χ4n) is 2.53. The number of fused-ring (bicyclic) bond motifs is 1. The van der Waals surface area contributed by atoms with E-state index in [4.69, 9.17) is 16.7 Å². The number of rotatable bonds is 3. The second-order valence-corrected chi connectivity index (χ2v) is 7.53. The van der Waals surface area contributed by atoms with Crippen LogP contribution in [0.4, 0.5) is 11.4 Å². The highest BCUT2D eigenvalue weighted by molar-refractivity contribution is 7.89. The van der Waals surface area contributed by atoms with Crippen LogP contribution in [0.1, 0.15) is 5.56 Å². The molecule has 10 heteroatoms. The van der Waals surface area contributed by atoms with E-state index < -0.39 is 27.4 Å². The Labute approximate surface area is 159 Å². The van der Waals surface area contributed by atoms with E-state index in [-0.39, 0.29) is 16.2 Å². The van der Waals surface area contributed by atoms with Crippen LogP contribution in [0.25, 0.3) is 5.57 Å². The molecule has 1 aliphatic rings. The molecule has 2 aromatic rings. The molecule has 136 valence electrons. The molecule has 1 aliphatic heterocycles. The summed E-state index contributed by atoms with van der Waals surface area (Å²) < 4.78 is 22.5. The summed E-state index contributed by atoms with van der Waals surface area (Å²) in [6.07, 6.45) is 0. The van der Waals surface area contributed by atoms with Crippen molar-refractivity contribution >= 4 is 50.4 Å². The summed E-state index contributed by atoms with van der Waals surface area (Å²) in [5, 5.41) is 19.8. The van der Waals surface area contributed by atoms with Gasteiger partial charge in [-0.1, -0.05) is 11.6 Å². The number of amides is 2. The standard InChI is InChI=1S/C17H11ClN4O4S/c18-9-1-6-14-12(7-9)15(17(24)22-14)13(8-19)16(23)21-10-2-4-11(5-3-10)27(20,25)26/h1-7H,(H,21,23)(H,22,24)(H2,20,25,26)/b15-13+. The predicted molar refractivity (Wildman–Crippen MR) is 99.1 cm³/mol. The lowest BCUT2D eigenvalue weighted by Crippen LogP contribution is -2.18. The maximum atomic E-state index is 12.5. The first kappa shape index (κ1) is 18.6. The topological polar surface area (TPSA) is 142 Å². The van der Waals surface area contributed by atoms with Gasteiger partial charge in [0.25, 0.3) is 11.8 Å². The Balaban J connectivity index is 1.96. The smallest absolute Gasteiger partial charge is 0.267 e. The van der Waals surface area contributed by atoms with E-state index in [0.29, 0.717) is 16.3 Å². The summed E-state index contributed by atoms with van der Waals surface area (Å²) in [7, 11) is -3.87. The minimum Gasteiger partial charge on any atom is -0.321 e. The van der Waals surface area contributed by atoms with E-state index >= 15 is 0 Å². The highest BCUT2D eigenvalue weighted by atomic mass is 35.5. The third kappa shape index (κ3) is 3.68. The van der Waals surface area contributed by atoms with Crippen molar-refractivity contribution in [1.29, 1.82) is 5.26 Å². The first-order chi connectivity index (χ1) is 12.7. The van der Waals surface area contributed by atoms with Gasteiger partial charge in [-0.2, -0.15) is 5.26 Å². The van der Waals surface area contributed by atoms with Gasteiger partial charge >= 0.3 is 0 Å². The minimum atomic E-state index is -3.87. The number of nitrogens with two attached hydrogens (primary N) is 1. The minimum absolute atomic E-state index is 0.0892. The van der Waals surface area contributed by atoms with Crippen molar-refractivity contribution in [2.45, 2.75) is 4.90 Å². The van der Waals surface area contributed by atoms with E-state index in [1.807, 2.05) is 0 Å². The number of hydrogen-bond donors (Lipinski definition) is 3. The van der Waals surface area contributed by atoms with Crippen molar-refractivity contribution < 1.29 is 18.0 Å². The Morgan fingerprint density at radius 2 is 1.85 bits per heavy atom. The van der Waals surface area contributed by atoms with Gasteiger partial charge in [0.05, 0.1) is 10.5 Å². The summed E-state index contributed by atoms with van der Waals surface area (Å²) in [6, 6.07) is 11.4. The summed E-state index contributed by atoms with van der Waals surface area (Å²) in [4.78, 5) is 24.6. The summed E-state index contributed by atoms with van der Waals surface area (Å²) in [5.41, 5.74) is 0.532. The molecule has 0 spiro atoms.